The van der Waals surface area contributed by atoms with Crippen molar-refractivity contribution in [3.8, 4) is 0 Å². The quantitative estimate of drug-likeness (QED) is 0.548. The summed E-state index contributed by atoms with van der Waals surface area (Å²) in [5, 5.41) is 7.63. The summed E-state index contributed by atoms with van der Waals surface area (Å²) in [5.41, 5.74) is -3.22. The Morgan fingerprint density at radius 2 is 1.91 bits per heavy atom. The van der Waals surface area contributed by atoms with Gasteiger partial charge in [0.1, 0.15) is 18.1 Å². The molecule has 0 unspecified atom stereocenters. The number of ether oxygens (including phenoxy) is 1. The number of benzene rings is 1. The molecule has 6 rings (SSSR count). The van der Waals surface area contributed by atoms with E-state index in [1.165, 1.54) is 36.0 Å². The van der Waals surface area contributed by atoms with Crippen LogP contribution >= 0.6 is 0 Å². The van der Waals surface area contributed by atoms with Gasteiger partial charge >= 0.3 is 0 Å². The van der Waals surface area contributed by atoms with Gasteiger partial charge in [-0.2, -0.15) is 5.10 Å². The van der Waals surface area contributed by atoms with Crippen LogP contribution in [0.25, 0.3) is 10.8 Å². The molecule has 2 aromatic heterocycles. The van der Waals surface area contributed by atoms with E-state index in [1.54, 1.807) is 6.92 Å². The molecule has 1 atom stereocenters. The maximum atomic E-state index is 14.7. The number of aryl methyl sites for hydroxylation is 1. The van der Waals surface area contributed by atoms with Gasteiger partial charge in [-0.05, 0) is 6.92 Å². The first-order valence-electron chi connectivity index (χ1n) is 10.8. The molecule has 180 valence electrons. The monoisotopic (exact) mass is 478 g/mol. The number of anilines is 1. The van der Waals surface area contributed by atoms with Gasteiger partial charge in [0.2, 0.25) is 0 Å². The zero-order valence-corrected chi connectivity index (χ0v) is 18.4. The van der Waals surface area contributed by atoms with Crippen molar-refractivity contribution in [3.63, 3.8) is 0 Å². The third-order valence-corrected chi connectivity index (χ3v) is 6.90. The lowest BCUT2D eigenvalue weighted by molar-refractivity contribution is -0.0323. The zero-order chi connectivity index (χ0) is 24.4. The van der Waals surface area contributed by atoms with Crippen LogP contribution in [0.5, 0.6) is 0 Å². The lowest BCUT2D eigenvalue weighted by Gasteiger charge is -2.44. The molecule has 4 heterocycles. The SMILES string of the molecule is C[C@@H](Nc1nn(C)c(=O)c2cc(=O)n(C34COC(CF)(C3)C4)cc12)c1cccc(C(F)F)c1F. The third-order valence-electron chi connectivity index (χ3n) is 6.90. The molecule has 34 heavy (non-hydrogen) atoms. The molecule has 1 aromatic carbocycles. The maximum Gasteiger partial charge on any atom is 0.274 e. The second kappa shape index (κ2) is 7.66. The van der Waals surface area contributed by atoms with E-state index in [9.17, 15) is 27.2 Å². The van der Waals surface area contributed by atoms with Crippen LogP contribution in [0.2, 0.25) is 0 Å². The molecule has 2 bridgehead atoms. The summed E-state index contributed by atoms with van der Waals surface area (Å²) >= 11 is 0. The topological polar surface area (TPSA) is 78.2 Å². The average Bonchev–Trinajstić information content (AvgIpc) is 3.34. The number of hydrogen-bond acceptors (Lipinski definition) is 5. The van der Waals surface area contributed by atoms with Crippen molar-refractivity contribution in [1.29, 1.82) is 0 Å². The van der Waals surface area contributed by atoms with E-state index in [0.29, 0.717) is 18.2 Å². The number of rotatable bonds is 6. The molecule has 2 aliphatic heterocycles. The van der Waals surface area contributed by atoms with Gasteiger partial charge < -0.3 is 14.6 Å². The standard InChI is InChI=1S/C23H22F4N4O3/c1-12(13-4-3-5-14(18(13)25)19(26)27)28-20-16-7-31(22-8-23(9-22,10-24)34-11-22)17(32)6-15(16)21(33)30(2)29-20/h3-7,12,19H,8-11H2,1-2H3,(H,28,29)/t12-,22?,23?/m1/s1. The number of nitrogens with zero attached hydrogens (tertiary/aromatic N) is 3. The van der Waals surface area contributed by atoms with Gasteiger partial charge in [0, 0.05) is 43.1 Å². The van der Waals surface area contributed by atoms with Crippen molar-refractivity contribution < 1.29 is 22.3 Å². The number of alkyl halides is 3. The van der Waals surface area contributed by atoms with Crippen molar-refractivity contribution in [3.05, 3.63) is 68.1 Å². The second-order valence-corrected chi connectivity index (χ2v) is 9.19. The van der Waals surface area contributed by atoms with Crippen LogP contribution in [0.3, 0.4) is 0 Å². The van der Waals surface area contributed by atoms with Gasteiger partial charge in [-0.25, -0.2) is 22.2 Å². The van der Waals surface area contributed by atoms with Crippen LogP contribution in [-0.4, -0.2) is 33.2 Å². The molecule has 3 aromatic rings. The Hall–Kier alpha value is -3.21. The Kier molecular flexibility index (Phi) is 5.08. The average molecular weight is 478 g/mol. The summed E-state index contributed by atoms with van der Waals surface area (Å²) in [5.74, 6) is -0.853. The summed E-state index contributed by atoms with van der Waals surface area (Å²) < 4.78 is 62.5. The molecule has 0 radical (unpaired) electrons. The highest BCUT2D eigenvalue weighted by atomic mass is 19.3. The van der Waals surface area contributed by atoms with E-state index < -0.39 is 52.8 Å². The minimum absolute atomic E-state index is 0.00411. The molecule has 1 saturated carbocycles. The lowest BCUT2D eigenvalue weighted by Crippen LogP contribution is -2.54. The molecule has 2 saturated heterocycles. The number of aromatic nitrogens is 3. The van der Waals surface area contributed by atoms with Gasteiger partial charge in [-0.3, -0.25) is 9.59 Å². The Bertz CT molecular complexity index is 1410. The molecular formula is C23H22F4N4O3. The number of hydrogen-bond donors (Lipinski definition) is 1. The predicted octanol–water partition coefficient (Wildman–Crippen LogP) is 3.57. The van der Waals surface area contributed by atoms with Crippen LogP contribution in [-0.2, 0) is 17.3 Å². The molecule has 3 fully saturated rings. The summed E-state index contributed by atoms with van der Waals surface area (Å²) in [6, 6.07) is 4.17. The first-order valence-corrected chi connectivity index (χ1v) is 10.8. The lowest BCUT2D eigenvalue weighted by atomic mass is 9.69. The fourth-order valence-electron chi connectivity index (χ4n) is 5.17. The van der Waals surface area contributed by atoms with E-state index in [1.807, 2.05) is 0 Å². The van der Waals surface area contributed by atoms with Gasteiger partial charge in [0.05, 0.1) is 29.1 Å². The minimum atomic E-state index is -2.97. The van der Waals surface area contributed by atoms with Gasteiger partial charge in [0.25, 0.3) is 17.5 Å². The summed E-state index contributed by atoms with van der Waals surface area (Å²) in [4.78, 5) is 25.6. The van der Waals surface area contributed by atoms with E-state index in [0.717, 1.165) is 10.7 Å². The molecule has 7 nitrogen and oxygen atoms in total. The van der Waals surface area contributed by atoms with Crippen molar-refractivity contribution >= 4 is 16.6 Å². The number of halogens is 4. The van der Waals surface area contributed by atoms with Crippen LogP contribution in [0.1, 0.15) is 43.4 Å². The zero-order valence-electron chi connectivity index (χ0n) is 18.4. The smallest absolute Gasteiger partial charge is 0.274 e. The largest absolute Gasteiger partial charge is 0.370 e. The Morgan fingerprint density at radius 1 is 1.21 bits per heavy atom. The van der Waals surface area contributed by atoms with E-state index in [4.69, 9.17) is 4.74 Å². The van der Waals surface area contributed by atoms with E-state index in [-0.39, 0.29) is 23.4 Å². The molecular weight excluding hydrogens is 456 g/mol. The van der Waals surface area contributed by atoms with E-state index in [2.05, 4.69) is 10.4 Å². The minimum Gasteiger partial charge on any atom is -0.370 e. The van der Waals surface area contributed by atoms with Crippen molar-refractivity contribution in [2.75, 3.05) is 18.6 Å². The maximum absolute atomic E-state index is 14.7. The van der Waals surface area contributed by atoms with Crippen LogP contribution < -0.4 is 16.4 Å². The van der Waals surface area contributed by atoms with Gasteiger partial charge in [-0.15, -0.1) is 0 Å². The van der Waals surface area contributed by atoms with E-state index >= 15 is 0 Å². The normalized spacial score (nSPS) is 24.4. The highest BCUT2D eigenvalue weighted by Gasteiger charge is 2.64. The van der Waals surface area contributed by atoms with Gasteiger partial charge in [-0.1, -0.05) is 18.2 Å². The molecule has 0 amide bonds. The Labute approximate surface area is 191 Å². The van der Waals surface area contributed by atoms with Gasteiger partial charge in [0.15, 0.2) is 5.82 Å². The van der Waals surface area contributed by atoms with Crippen molar-refractivity contribution in [2.24, 2.45) is 7.05 Å². The fourth-order valence-corrected chi connectivity index (χ4v) is 5.17. The Morgan fingerprint density at radius 3 is 2.56 bits per heavy atom. The summed E-state index contributed by atoms with van der Waals surface area (Å²) in [6.07, 6.45) is -0.801. The third kappa shape index (κ3) is 3.24. The predicted molar refractivity (Wildman–Crippen MR) is 117 cm³/mol. The first kappa shape index (κ1) is 22.6. The molecule has 1 aliphatic carbocycles. The number of pyridine rings is 1. The molecule has 0 spiro atoms. The highest BCUT2D eigenvalue weighted by Crippen LogP contribution is 2.56. The number of nitrogens with one attached hydrogen (secondary N) is 1. The fraction of sp³-hybridized carbons (Fsp3) is 0.435. The molecule has 1 N–H and O–H groups in total. The second-order valence-electron chi connectivity index (χ2n) is 9.19. The van der Waals surface area contributed by atoms with Crippen LogP contribution in [0.4, 0.5) is 23.4 Å². The summed E-state index contributed by atoms with van der Waals surface area (Å²) in [6.45, 7) is 1.10. The summed E-state index contributed by atoms with van der Waals surface area (Å²) in [7, 11) is 1.41. The first-order chi connectivity index (χ1) is 16.1. The van der Waals surface area contributed by atoms with Crippen LogP contribution in [0.15, 0.2) is 40.1 Å². The van der Waals surface area contributed by atoms with Crippen molar-refractivity contribution in [2.45, 2.75) is 43.4 Å². The molecule has 11 heteroatoms. The Balaban J connectivity index is 1.59. The highest BCUT2D eigenvalue weighted by molar-refractivity contribution is 5.90. The molecule has 3 aliphatic rings. The number of fused-ring (bicyclic) bond motifs is 2. The van der Waals surface area contributed by atoms with Crippen LogP contribution in [0, 0.1) is 5.82 Å². The van der Waals surface area contributed by atoms with Crippen molar-refractivity contribution in [1.82, 2.24) is 14.3 Å².